The van der Waals surface area contributed by atoms with Crippen molar-refractivity contribution >= 4 is 63.0 Å². The van der Waals surface area contributed by atoms with Gasteiger partial charge in [0.05, 0.1) is 17.0 Å². The maximum atomic E-state index is 13.0. The smallest absolute Gasteiger partial charge is 0.341 e. The molecule has 0 saturated heterocycles. The topological polar surface area (TPSA) is 84.5 Å². The predicted molar refractivity (Wildman–Crippen MR) is 129 cm³/mol. The molecule has 0 atom stereocenters. The number of ether oxygens (including phenoxy) is 1. The number of thiophene rings is 1. The third-order valence-electron chi connectivity index (χ3n) is 4.58. The van der Waals surface area contributed by atoms with E-state index in [4.69, 9.17) is 27.9 Å². The zero-order chi connectivity index (χ0) is 23.4. The number of nitrogens with one attached hydrogen (secondary N) is 2. The molecule has 3 rings (SSSR count). The second-order valence-electron chi connectivity index (χ2n) is 6.86. The van der Waals surface area contributed by atoms with E-state index in [0.717, 1.165) is 16.9 Å². The lowest BCUT2D eigenvalue weighted by molar-refractivity contribution is 0.0527. The fourth-order valence-corrected chi connectivity index (χ4v) is 4.39. The molecule has 32 heavy (non-hydrogen) atoms. The summed E-state index contributed by atoms with van der Waals surface area (Å²) in [5.41, 5.74) is 2.26. The molecule has 2 aromatic carbocycles. The number of anilines is 2. The third-order valence-corrected chi connectivity index (χ3v) is 6.42. The van der Waals surface area contributed by atoms with Crippen LogP contribution in [0.15, 0.2) is 42.5 Å². The van der Waals surface area contributed by atoms with Crippen molar-refractivity contribution in [3.05, 3.63) is 79.6 Å². The Morgan fingerprint density at radius 2 is 1.75 bits per heavy atom. The first-order valence-corrected chi connectivity index (χ1v) is 11.2. The zero-order valence-electron chi connectivity index (χ0n) is 17.5. The molecule has 166 valence electrons. The van der Waals surface area contributed by atoms with Gasteiger partial charge in [0.2, 0.25) is 0 Å². The molecule has 1 heterocycles. The van der Waals surface area contributed by atoms with Crippen molar-refractivity contribution in [3.8, 4) is 0 Å². The maximum absolute atomic E-state index is 13.0. The normalized spacial score (nSPS) is 10.5. The number of hydrogen-bond acceptors (Lipinski definition) is 5. The Hall–Kier alpha value is -2.87. The first-order chi connectivity index (χ1) is 15.2. The molecular formula is C23H20Cl2N2O4S. The molecule has 9 heteroatoms. The molecule has 0 aliphatic rings. The van der Waals surface area contributed by atoms with Gasteiger partial charge >= 0.3 is 5.97 Å². The molecule has 0 spiro atoms. The molecular weight excluding hydrogens is 471 g/mol. The summed E-state index contributed by atoms with van der Waals surface area (Å²) in [5.74, 6) is -1.52. The van der Waals surface area contributed by atoms with Gasteiger partial charge in [0, 0.05) is 21.3 Å². The molecule has 3 aromatic rings. The van der Waals surface area contributed by atoms with Gasteiger partial charge in [0.25, 0.3) is 11.8 Å². The van der Waals surface area contributed by atoms with Gasteiger partial charge in [0.1, 0.15) is 5.00 Å². The Morgan fingerprint density at radius 3 is 2.41 bits per heavy atom. The molecule has 0 bridgehead atoms. The van der Waals surface area contributed by atoms with Gasteiger partial charge < -0.3 is 15.4 Å². The van der Waals surface area contributed by atoms with Gasteiger partial charge in [0.15, 0.2) is 0 Å². The number of halogens is 2. The third kappa shape index (κ3) is 5.30. The van der Waals surface area contributed by atoms with Crippen LogP contribution in [0.5, 0.6) is 0 Å². The Bertz CT molecular complexity index is 1210. The highest BCUT2D eigenvalue weighted by molar-refractivity contribution is 7.19. The van der Waals surface area contributed by atoms with Gasteiger partial charge in [-0.3, -0.25) is 9.59 Å². The van der Waals surface area contributed by atoms with Gasteiger partial charge in [-0.15, -0.1) is 11.3 Å². The SMILES string of the molecule is CCOC(=O)c1c(NC(=O)c2cccc(Cl)c2)sc(C(=O)Nc2ccc(C)c(Cl)c2)c1C. The van der Waals surface area contributed by atoms with Crippen LogP contribution in [-0.2, 0) is 4.74 Å². The highest BCUT2D eigenvalue weighted by Gasteiger charge is 2.27. The Morgan fingerprint density at radius 1 is 1.00 bits per heavy atom. The van der Waals surface area contributed by atoms with Gasteiger partial charge in [-0.1, -0.05) is 35.3 Å². The van der Waals surface area contributed by atoms with Crippen molar-refractivity contribution in [3.63, 3.8) is 0 Å². The van der Waals surface area contributed by atoms with Crippen LogP contribution in [0.2, 0.25) is 10.0 Å². The number of hydrogen-bond donors (Lipinski definition) is 2. The van der Waals surface area contributed by atoms with Crippen LogP contribution >= 0.6 is 34.5 Å². The molecule has 0 aliphatic carbocycles. The van der Waals surface area contributed by atoms with Crippen LogP contribution in [-0.4, -0.2) is 24.4 Å². The van der Waals surface area contributed by atoms with Crippen LogP contribution < -0.4 is 10.6 Å². The van der Waals surface area contributed by atoms with Crippen LogP contribution in [0.4, 0.5) is 10.7 Å². The van der Waals surface area contributed by atoms with E-state index < -0.39 is 17.8 Å². The minimum Gasteiger partial charge on any atom is -0.462 e. The van der Waals surface area contributed by atoms with E-state index in [1.54, 1.807) is 50.2 Å². The zero-order valence-corrected chi connectivity index (χ0v) is 19.9. The van der Waals surface area contributed by atoms with Crippen LogP contribution in [0.25, 0.3) is 0 Å². The van der Waals surface area contributed by atoms with Crippen molar-refractivity contribution in [1.82, 2.24) is 0 Å². The van der Waals surface area contributed by atoms with E-state index in [1.807, 2.05) is 6.92 Å². The fraction of sp³-hybridized carbons (Fsp3) is 0.174. The first kappa shape index (κ1) is 23.8. The highest BCUT2D eigenvalue weighted by Crippen LogP contribution is 2.35. The summed E-state index contributed by atoms with van der Waals surface area (Å²) < 4.78 is 5.14. The molecule has 0 unspecified atom stereocenters. The highest BCUT2D eigenvalue weighted by atomic mass is 35.5. The summed E-state index contributed by atoms with van der Waals surface area (Å²) in [5, 5.41) is 6.63. The lowest BCUT2D eigenvalue weighted by Crippen LogP contribution is -2.15. The lowest BCUT2D eigenvalue weighted by atomic mass is 10.1. The number of carbonyl (C=O) groups is 3. The summed E-state index contributed by atoms with van der Waals surface area (Å²) in [6, 6.07) is 11.6. The van der Waals surface area contributed by atoms with Crippen LogP contribution in [0.3, 0.4) is 0 Å². The van der Waals surface area contributed by atoms with E-state index in [1.165, 1.54) is 6.07 Å². The lowest BCUT2D eigenvalue weighted by Gasteiger charge is -2.07. The van der Waals surface area contributed by atoms with Crippen molar-refractivity contribution < 1.29 is 19.1 Å². The summed E-state index contributed by atoms with van der Waals surface area (Å²) in [7, 11) is 0. The van der Waals surface area contributed by atoms with Crippen molar-refractivity contribution in [2.75, 3.05) is 17.2 Å². The second-order valence-corrected chi connectivity index (χ2v) is 8.73. The number of rotatable bonds is 6. The number of benzene rings is 2. The summed E-state index contributed by atoms with van der Waals surface area (Å²) in [4.78, 5) is 38.5. The molecule has 0 radical (unpaired) electrons. The average Bonchev–Trinajstić information content (AvgIpc) is 3.06. The van der Waals surface area contributed by atoms with Crippen molar-refractivity contribution in [1.29, 1.82) is 0 Å². The first-order valence-electron chi connectivity index (χ1n) is 9.66. The second kappa shape index (κ2) is 10.2. The summed E-state index contributed by atoms with van der Waals surface area (Å²) >= 11 is 13.1. The molecule has 0 saturated carbocycles. The fourth-order valence-electron chi connectivity index (χ4n) is 2.93. The summed E-state index contributed by atoms with van der Waals surface area (Å²) in [6.07, 6.45) is 0. The van der Waals surface area contributed by atoms with E-state index in [9.17, 15) is 14.4 Å². The van der Waals surface area contributed by atoms with Gasteiger partial charge in [-0.05, 0) is 62.2 Å². The summed E-state index contributed by atoms with van der Waals surface area (Å²) in [6.45, 7) is 5.32. The van der Waals surface area contributed by atoms with Crippen LogP contribution in [0, 0.1) is 13.8 Å². The molecule has 0 fully saturated rings. The van der Waals surface area contributed by atoms with E-state index in [-0.39, 0.29) is 22.0 Å². The molecule has 2 N–H and O–H groups in total. The number of carbonyl (C=O) groups excluding carboxylic acids is 3. The van der Waals surface area contributed by atoms with Crippen LogP contribution in [0.1, 0.15) is 48.4 Å². The monoisotopic (exact) mass is 490 g/mol. The molecule has 6 nitrogen and oxygen atoms in total. The minimum atomic E-state index is -0.625. The quantitative estimate of drug-likeness (QED) is 0.394. The molecule has 1 aromatic heterocycles. The number of aryl methyl sites for hydroxylation is 1. The standard InChI is InChI=1S/C23H20Cl2N2O4S/c1-4-31-23(30)18-13(3)19(21(29)26-16-9-8-12(2)17(25)11-16)32-22(18)27-20(28)14-6-5-7-15(24)10-14/h5-11H,4H2,1-3H3,(H,26,29)(H,27,28). The van der Waals surface area contributed by atoms with E-state index in [2.05, 4.69) is 10.6 Å². The Labute approximate surface area is 199 Å². The van der Waals surface area contributed by atoms with E-state index >= 15 is 0 Å². The maximum Gasteiger partial charge on any atom is 0.341 e. The van der Waals surface area contributed by atoms with Crippen molar-refractivity contribution in [2.24, 2.45) is 0 Å². The van der Waals surface area contributed by atoms with E-state index in [0.29, 0.717) is 26.9 Å². The predicted octanol–water partition coefficient (Wildman–Crippen LogP) is 6.35. The molecule has 0 aliphatic heterocycles. The Kier molecular flexibility index (Phi) is 7.56. The molecule has 2 amide bonds. The van der Waals surface area contributed by atoms with Gasteiger partial charge in [-0.2, -0.15) is 0 Å². The average molecular weight is 491 g/mol. The largest absolute Gasteiger partial charge is 0.462 e. The number of amides is 2. The number of esters is 1. The minimum absolute atomic E-state index is 0.138. The van der Waals surface area contributed by atoms with Crippen molar-refractivity contribution in [2.45, 2.75) is 20.8 Å². The Balaban J connectivity index is 1.95. The van der Waals surface area contributed by atoms with Gasteiger partial charge in [-0.25, -0.2) is 4.79 Å².